The Hall–Kier alpha value is -1.57. The molecule has 156 valence electrons. The number of nitrogens with one attached hydrogen (secondary N) is 2. The molecule has 1 aromatic carbocycles. The van der Waals surface area contributed by atoms with E-state index in [-0.39, 0.29) is 30.0 Å². The van der Waals surface area contributed by atoms with Crippen LogP contribution >= 0.6 is 24.0 Å². The van der Waals surface area contributed by atoms with E-state index in [1.54, 1.807) is 0 Å². The van der Waals surface area contributed by atoms with Gasteiger partial charge in [-0.25, -0.2) is 0 Å². The Labute approximate surface area is 187 Å². The zero-order valence-electron chi connectivity index (χ0n) is 18.2. The first-order valence-electron chi connectivity index (χ1n) is 10.1. The molecule has 0 fully saturated rings. The number of nitrogens with zero attached hydrogens (tertiary/aromatic N) is 3. The molecule has 0 aliphatic heterocycles. The lowest BCUT2D eigenvalue weighted by Gasteiger charge is -2.18. The third-order valence-electron chi connectivity index (χ3n) is 5.00. The van der Waals surface area contributed by atoms with Crippen LogP contribution in [0.25, 0.3) is 0 Å². The minimum absolute atomic E-state index is 0. The van der Waals surface area contributed by atoms with Gasteiger partial charge in [0.25, 0.3) is 0 Å². The Morgan fingerprint density at radius 1 is 1.14 bits per heavy atom. The Morgan fingerprint density at radius 3 is 2.32 bits per heavy atom. The minimum Gasteiger partial charge on any atom is -0.357 e. The number of hydrogen-bond acceptors (Lipinski definition) is 2. The first-order valence-corrected chi connectivity index (χ1v) is 10.1. The molecule has 6 heteroatoms. The highest BCUT2D eigenvalue weighted by molar-refractivity contribution is 14.0. The molecule has 0 spiro atoms. The molecule has 0 aliphatic carbocycles. The van der Waals surface area contributed by atoms with Crippen LogP contribution < -0.4 is 10.6 Å². The number of hydrogen-bond donors (Lipinski definition) is 2. The van der Waals surface area contributed by atoms with Gasteiger partial charge >= 0.3 is 0 Å². The van der Waals surface area contributed by atoms with E-state index in [2.05, 4.69) is 74.6 Å². The molecule has 2 rings (SSSR count). The number of aryl methyl sites for hydroxylation is 3. The minimum atomic E-state index is 0. The lowest BCUT2D eigenvalue weighted by Crippen LogP contribution is -2.43. The normalized spacial score (nSPS) is 12.4. The Kier molecular flexibility index (Phi) is 10.6. The van der Waals surface area contributed by atoms with E-state index in [9.17, 15) is 0 Å². The second-order valence-electron chi connectivity index (χ2n) is 7.20. The van der Waals surface area contributed by atoms with Crippen molar-refractivity contribution in [3.63, 3.8) is 0 Å². The van der Waals surface area contributed by atoms with Crippen LogP contribution in [0.5, 0.6) is 0 Å². The van der Waals surface area contributed by atoms with Crippen LogP contribution in [0.3, 0.4) is 0 Å². The fourth-order valence-corrected chi connectivity index (χ4v) is 3.26. The Balaban J connectivity index is 0.00000392. The molecular formula is C22H36IN5. The van der Waals surface area contributed by atoms with Crippen molar-refractivity contribution in [1.82, 2.24) is 20.4 Å². The zero-order valence-corrected chi connectivity index (χ0v) is 20.5. The van der Waals surface area contributed by atoms with Crippen molar-refractivity contribution in [3.8, 4) is 0 Å². The van der Waals surface area contributed by atoms with E-state index in [0.717, 1.165) is 44.0 Å². The monoisotopic (exact) mass is 497 g/mol. The third kappa shape index (κ3) is 7.11. The van der Waals surface area contributed by atoms with Gasteiger partial charge in [0.15, 0.2) is 5.96 Å². The fourth-order valence-electron chi connectivity index (χ4n) is 3.26. The van der Waals surface area contributed by atoms with Crippen LogP contribution in [-0.2, 0) is 26.3 Å². The highest BCUT2D eigenvalue weighted by Gasteiger charge is 2.13. The summed E-state index contributed by atoms with van der Waals surface area (Å²) in [5.41, 5.74) is 6.39. The highest BCUT2D eigenvalue weighted by atomic mass is 127. The highest BCUT2D eigenvalue weighted by Crippen LogP contribution is 2.14. The zero-order chi connectivity index (χ0) is 19.8. The largest absolute Gasteiger partial charge is 0.357 e. The first-order chi connectivity index (χ1) is 12.9. The Morgan fingerprint density at radius 2 is 1.79 bits per heavy atom. The molecule has 28 heavy (non-hydrogen) atoms. The second-order valence-corrected chi connectivity index (χ2v) is 7.20. The van der Waals surface area contributed by atoms with Crippen LogP contribution in [0.4, 0.5) is 0 Å². The van der Waals surface area contributed by atoms with Crippen LogP contribution in [-0.4, -0.2) is 34.9 Å². The van der Waals surface area contributed by atoms with E-state index >= 15 is 0 Å². The maximum absolute atomic E-state index is 4.76. The summed E-state index contributed by atoms with van der Waals surface area (Å²) in [4.78, 5) is 4.76. The predicted octanol–water partition coefficient (Wildman–Crippen LogP) is 3.95. The van der Waals surface area contributed by atoms with Crippen molar-refractivity contribution < 1.29 is 0 Å². The van der Waals surface area contributed by atoms with Gasteiger partial charge in [-0.1, -0.05) is 31.2 Å². The molecule has 0 saturated heterocycles. The van der Waals surface area contributed by atoms with Gasteiger partial charge in [-0.05, 0) is 63.6 Å². The molecule has 0 saturated carbocycles. The lowest BCUT2D eigenvalue weighted by molar-refractivity contribution is 0.635. The quantitative estimate of drug-likeness (QED) is 0.330. The smallest absolute Gasteiger partial charge is 0.191 e. The van der Waals surface area contributed by atoms with E-state index in [0.29, 0.717) is 0 Å². The van der Waals surface area contributed by atoms with E-state index in [4.69, 9.17) is 4.99 Å². The molecule has 1 unspecified atom stereocenters. The molecule has 0 radical (unpaired) electrons. The third-order valence-corrected chi connectivity index (χ3v) is 5.00. The molecule has 1 atom stereocenters. The average Bonchev–Trinajstić information content (AvgIpc) is 2.88. The number of guanidine groups is 1. The van der Waals surface area contributed by atoms with E-state index < -0.39 is 0 Å². The van der Waals surface area contributed by atoms with Crippen molar-refractivity contribution in [2.75, 3.05) is 13.1 Å². The molecule has 1 aromatic heterocycles. The fraction of sp³-hybridized carbons (Fsp3) is 0.545. The molecule has 5 nitrogen and oxygen atoms in total. The van der Waals surface area contributed by atoms with E-state index in [1.807, 2.05) is 11.7 Å². The van der Waals surface area contributed by atoms with Crippen LogP contribution in [0.1, 0.15) is 48.8 Å². The maximum atomic E-state index is 4.76. The van der Waals surface area contributed by atoms with Gasteiger partial charge in [-0.3, -0.25) is 9.67 Å². The van der Waals surface area contributed by atoms with Gasteiger partial charge in [0.2, 0.25) is 0 Å². The molecule has 0 aliphatic rings. The second kappa shape index (κ2) is 12.1. The van der Waals surface area contributed by atoms with Crippen molar-refractivity contribution in [3.05, 3.63) is 52.3 Å². The summed E-state index contributed by atoms with van der Waals surface area (Å²) in [6.07, 6.45) is 2.98. The average molecular weight is 497 g/mol. The standard InChI is InChI=1S/C22H35N5.HI/c1-7-19-9-11-20(12-10-19)13-14-24-22(23-8-2)25-16(3)15-21-17(4)26-27(6)18(21)5;/h9-12,16H,7-8,13-15H2,1-6H3,(H2,23,24,25);1H. The van der Waals surface area contributed by atoms with Crippen LogP contribution in [0.15, 0.2) is 29.3 Å². The van der Waals surface area contributed by atoms with Crippen molar-refractivity contribution in [2.24, 2.45) is 12.0 Å². The number of aromatic nitrogens is 2. The lowest BCUT2D eigenvalue weighted by atomic mass is 10.1. The van der Waals surface area contributed by atoms with Gasteiger partial charge < -0.3 is 10.6 Å². The molecule has 1 heterocycles. The number of aliphatic imine (C=N–C) groups is 1. The maximum Gasteiger partial charge on any atom is 0.191 e. The molecule has 2 aromatic rings. The first kappa shape index (κ1) is 24.5. The van der Waals surface area contributed by atoms with Crippen molar-refractivity contribution in [1.29, 1.82) is 0 Å². The Bertz CT molecular complexity index is 749. The molecule has 0 amide bonds. The molecule has 0 bridgehead atoms. The van der Waals surface area contributed by atoms with Crippen molar-refractivity contribution in [2.45, 2.75) is 59.9 Å². The summed E-state index contributed by atoms with van der Waals surface area (Å²) in [5.74, 6) is 0.884. The van der Waals surface area contributed by atoms with Crippen LogP contribution in [0.2, 0.25) is 0 Å². The number of benzene rings is 1. The van der Waals surface area contributed by atoms with Gasteiger partial charge in [0, 0.05) is 31.9 Å². The molecule has 2 N–H and O–H groups in total. The van der Waals surface area contributed by atoms with Crippen LogP contribution in [0, 0.1) is 13.8 Å². The summed E-state index contributed by atoms with van der Waals surface area (Å²) in [6.45, 7) is 12.3. The topological polar surface area (TPSA) is 54.2 Å². The van der Waals surface area contributed by atoms with Gasteiger partial charge in [0.1, 0.15) is 0 Å². The van der Waals surface area contributed by atoms with Gasteiger partial charge in [-0.15, -0.1) is 24.0 Å². The van der Waals surface area contributed by atoms with Crippen molar-refractivity contribution >= 4 is 29.9 Å². The predicted molar refractivity (Wildman–Crippen MR) is 130 cm³/mol. The summed E-state index contributed by atoms with van der Waals surface area (Å²) in [7, 11) is 2.00. The number of halogens is 1. The van der Waals surface area contributed by atoms with E-state index in [1.165, 1.54) is 22.4 Å². The van der Waals surface area contributed by atoms with Gasteiger partial charge in [-0.2, -0.15) is 5.10 Å². The number of rotatable bonds is 8. The summed E-state index contributed by atoms with van der Waals surface area (Å²) in [6, 6.07) is 9.14. The summed E-state index contributed by atoms with van der Waals surface area (Å²) < 4.78 is 1.96. The summed E-state index contributed by atoms with van der Waals surface area (Å²) in [5, 5.41) is 11.4. The summed E-state index contributed by atoms with van der Waals surface area (Å²) >= 11 is 0. The molecular weight excluding hydrogens is 461 g/mol. The SMILES string of the molecule is CCNC(=NCCc1ccc(CC)cc1)NC(C)Cc1c(C)nn(C)c1C.I. The van der Waals surface area contributed by atoms with Gasteiger partial charge in [0.05, 0.1) is 5.69 Å².